The van der Waals surface area contributed by atoms with Gasteiger partial charge in [-0.05, 0) is 32.1 Å². The number of aliphatic carboxylic acids is 1. The molecule has 5 N–H and O–H groups in total. The molecule has 0 aliphatic heterocycles. The third-order valence-electron chi connectivity index (χ3n) is 5.44. The molecule has 0 radical (unpaired) electrons. The molecule has 0 saturated carbocycles. The van der Waals surface area contributed by atoms with Crippen LogP contribution >= 0.6 is 0 Å². The number of allylic oxidation sites excluding steroid dienone is 2. The predicted octanol–water partition coefficient (Wildman–Crippen LogP) is 2.57. The molecular formula is C26H46N4O6. The zero-order chi connectivity index (χ0) is 26.9. The van der Waals surface area contributed by atoms with E-state index >= 15 is 0 Å². The van der Waals surface area contributed by atoms with Gasteiger partial charge in [-0.2, -0.15) is 0 Å². The Kier molecular flexibility index (Phi) is 21.9. The minimum Gasteiger partial charge on any atom is -0.480 e. The molecule has 0 heterocycles. The van der Waals surface area contributed by atoms with E-state index in [1.165, 1.54) is 51.4 Å². The third kappa shape index (κ3) is 24.2. The van der Waals surface area contributed by atoms with Gasteiger partial charge in [0, 0.05) is 6.42 Å². The van der Waals surface area contributed by atoms with Crippen LogP contribution in [-0.4, -0.2) is 60.9 Å². The quantitative estimate of drug-likeness (QED) is 0.105. The Labute approximate surface area is 215 Å². The molecule has 0 saturated heterocycles. The number of rotatable bonds is 23. The molecule has 4 amide bonds. The highest BCUT2D eigenvalue weighted by atomic mass is 16.4. The van der Waals surface area contributed by atoms with Crippen LogP contribution in [0.4, 0.5) is 0 Å². The van der Waals surface area contributed by atoms with Gasteiger partial charge in [0.1, 0.15) is 6.54 Å². The van der Waals surface area contributed by atoms with Crippen LogP contribution in [0.25, 0.3) is 0 Å². The lowest BCUT2D eigenvalue weighted by molar-refractivity contribution is -0.137. The molecule has 0 unspecified atom stereocenters. The standard InChI is InChI=1S/C26H46N4O6/c1-2-3-4-5-6-7-8-9-10-11-12-13-14-15-16-17-22(31)27-18-23(32)28-19-24(33)29-20-25(34)30-21-26(35)36/h9-10H,2-8,11-21H2,1H3,(H,27,31)(H,28,32)(H,29,33)(H,30,34)(H,35,36)/b10-9-. The summed E-state index contributed by atoms with van der Waals surface area (Å²) in [6.45, 7) is 0.726. The lowest BCUT2D eigenvalue weighted by atomic mass is 10.1. The van der Waals surface area contributed by atoms with Gasteiger partial charge in [0.25, 0.3) is 0 Å². The van der Waals surface area contributed by atoms with Gasteiger partial charge < -0.3 is 26.4 Å². The van der Waals surface area contributed by atoms with Crippen LogP contribution in [0.3, 0.4) is 0 Å². The summed E-state index contributed by atoms with van der Waals surface area (Å²) >= 11 is 0. The molecule has 0 atom stereocenters. The van der Waals surface area contributed by atoms with Gasteiger partial charge in [0.05, 0.1) is 19.6 Å². The summed E-state index contributed by atoms with van der Waals surface area (Å²) in [6.07, 6.45) is 20.4. The highest BCUT2D eigenvalue weighted by Gasteiger charge is 2.09. The summed E-state index contributed by atoms with van der Waals surface area (Å²) in [5, 5.41) is 17.6. The average molecular weight is 511 g/mol. The largest absolute Gasteiger partial charge is 0.480 e. The molecular weight excluding hydrogens is 464 g/mol. The second-order valence-electron chi connectivity index (χ2n) is 8.83. The van der Waals surface area contributed by atoms with Crippen LogP contribution in [0.2, 0.25) is 0 Å². The Morgan fingerprint density at radius 2 is 0.917 bits per heavy atom. The summed E-state index contributed by atoms with van der Waals surface area (Å²) in [6, 6.07) is 0. The molecule has 0 aliphatic carbocycles. The van der Waals surface area contributed by atoms with Crippen LogP contribution in [-0.2, 0) is 24.0 Å². The van der Waals surface area contributed by atoms with Crippen molar-refractivity contribution in [2.45, 2.75) is 96.8 Å². The lowest BCUT2D eigenvalue weighted by Crippen LogP contribution is -2.44. The normalized spacial score (nSPS) is 10.7. The Balaban J connectivity index is 3.55. The first kappa shape index (κ1) is 33.1. The molecule has 0 bridgehead atoms. The highest BCUT2D eigenvalue weighted by molar-refractivity contribution is 5.90. The zero-order valence-corrected chi connectivity index (χ0v) is 21.9. The molecule has 0 aliphatic rings. The van der Waals surface area contributed by atoms with Crippen molar-refractivity contribution in [2.24, 2.45) is 0 Å². The summed E-state index contributed by atoms with van der Waals surface area (Å²) in [4.78, 5) is 56.8. The van der Waals surface area contributed by atoms with Gasteiger partial charge in [-0.3, -0.25) is 24.0 Å². The fourth-order valence-corrected chi connectivity index (χ4v) is 3.34. The van der Waals surface area contributed by atoms with E-state index in [1.807, 2.05) is 0 Å². The number of amides is 4. The fourth-order valence-electron chi connectivity index (χ4n) is 3.34. The Morgan fingerprint density at radius 3 is 1.39 bits per heavy atom. The molecule has 0 fully saturated rings. The van der Waals surface area contributed by atoms with Crippen molar-refractivity contribution in [1.82, 2.24) is 21.3 Å². The molecule has 206 valence electrons. The van der Waals surface area contributed by atoms with Gasteiger partial charge in [-0.15, -0.1) is 0 Å². The van der Waals surface area contributed by atoms with Crippen LogP contribution in [0, 0.1) is 0 Å². The third-order valence-corrected chi connectivity index (χ3v) is 5.44. The first-order valence-electron chi connectivity index (χ1n) is 13.3. The van der Waals surface area contributed by atoms with E-state index in [-0.39, 0.29) is 19.0 Å². The SMILES string of the molecule is CCCCCCCC/C=C\CCCCCCCC(=O)NCC(=O)NCC(=O)NCC(=O)NCC(=O)O. The Bertz CT molecular complexity index is 681. The first-order valence-corrected chi connectivity index (χ1v) is 13.3. The number of carbonyl (C=O) groups excluding carboxylic acids is 4. The maximum atomic E-state index is 11.8. The van der Waals surface area contributed by atoms with Crippen molar-refractivity contribution in [3.63, 3.8) is 0 Å². The molecule has 0 aromatic carbocycles. The summed E-state index contributed by atoms with van der Waals surface area (Å²) in [5.74, 6) is -3.17. The number of unbranched alkanes of at least 4 members (excludes halogenated alkanes) is 11. The van der Waals surface area contributed by atoms with E-state index in [0.717, 1.165) is 32.1 Å². The Morgan fingerprint density at radius 1 is 0.528 bits per heavy atom. The molecule has 10 nitrogen and oxygen atoms in total. The molecule has 0 aromatic heterocycles. The molecule has 0 spiro atoms. The summed E-state index contributed by atoms with van der Waals surface area (Å²) < 4.78 is 0. The number of hydrogen-bond donors (Lipinski definition) is 5. The monoisotopic (exact) mass is 510 g/mol. The van der Waals surface area contributed by atoms with Gasteiger partial charge >= 0.3 is 5.97 Å². The molecule has 36 heavy (non-hydrogen) atoms. The number of carboxylic acids is 1. The van der Waals surface area contributed by atoms with E-state index in [1.54, 1.807) is 0 Å². The fraction of sp³-hybridized carbons (Fsp3) is 0.731. The van der Waals surface area contributed by atoms with Crippen molar-refractivity contribution < 1.29 is 29.1 Å². The van der Waals surface area contributed by atoms with Crippen LogP contribution in [0.5, 0.6) is 0 Å². The summed E-state index contributed by atoms with van der Waals surface area (Å²) in [5.41, 5.74) is 0. The maximum Gasteiger partial charge on any atom is 0.322 e. The lowest BCUT2D eigenvalue weighted by Gasteiger charge is -2.08. The van der Waals surface area contributed by atoms with E-state index in [2.05, 4.69) is 40.3 Å². The zero-order valence-electron chi connectivity index (χ0n) is 21.9. The number of nitrogens with one attached hydrogen (secondary N) is 4. The van der Waals surface area contributed by atoms with Gasteiger partial charge in [0.2, 0.25) is 23.6 Å². The topological polar surface area (TPSA) is 154 Å². The van der Waals surface area contributed by atoms with E-state index in [9.17, 15) is 24.0 Å². The molecule has 0 rings (SSSR count). The van der Waals surface area contributed by atoms with E-state index < -0.39 is 36.8 Å². The minimum atomic E-state index is -1.19. The second kappa shape index (κ2) is 23.8. The van der Waals surface area contributed by atoms with Crippen LogP contribution in [0.1, 0.15) is 96.8 Å². The van der Waals surface area contributed by atoms with E-state index in [0.29, 0.717) is 6.42 Å². The van der Waals surface area contributed by atoms with Crippen LogP contribution in [0.15, 0.2) is 12.2 Å². The van der Waals surface area contributed by atoms with Crippen molar-refractivity contribution in [2.75, 3.05) is 26.2 Å². The van der Waals surface area contributed by atoms with Crippen molar-refractivity contribution >= 4 is 29.6 Å². The highest BCUT2D eigenvalue weighted by Crippen LogP contribution is 2.09. The maximum absolute atomic E-state index is 11.8. The average Bonchev–Trinajstić information content (AvgIpc) is 2.85. The van der Waals surface area contributed by atoms with Crippen LogP contribution < -0.4 is 21.3 Å². The van der Waals surface area contributed by atoms with Gasteiger partial charge in [-0.25, -0.2) is 0 Å². The number of carbonyl (C=O) groups is 5. The van der Waals surface area contributed by atoms with Gasteiger partial charge in [-0.1, -0.05) is 70.4 Å². The minimum absolute atomic E-state index is 0.206. The smallest absolute Gasteiger partial charge is 0.322 e. The van der Waals surface area contributed by atoms with Crippen molar-refractivity contribution in [1.29, 1.82) is 0 Å². The number of hydrogen-bond acceptors (Lipinski definition) is 5. The van der Waals surface area contributed by atoms with Crippen molar-refractivity contribution in [3.8, 4) is 0 Å². The number of carboxylic acid groups (broad SMARTS) is 1. The van der Waals surface area contributed by atoms with Gasteiger partial charge in [0.15, 0.2) is 0 Å². The summed E-state index contributed by atoms with van der Waals surface area (Å²) in [7, 11) is 0. The Hall–Kier alpha value is -2.91. The van der Waals surface area contributed by atoms with E-state index in [4.69, 9.17) is 5.11 Å². The predicted molar refractivity (Wildman–Crippen MR) is 139 cm³/mol. The van der Waals surface area contributed by atoms with Crippen molar-refractivity contribution in [3.05, 3.63) is 12.2 Å². The first-order chi connectivity index (χ1) is 17.3. The molecule has 10 heteroatoms. The molecule has 0 aromatic rings. The second-order valence-corrected chi connectivity index (χ2v) is 8.83.